The van der Waals surface area contributed by atoms with E-state index in [4.69, 9.17) is 5.73 Å². The molecule has 2 unspecified atom stereocenters. The van der Waals surface area contributed by atoms with Crippen molar-refractivity contribution in [2.24, 2.45) is 0 Å². The Hall–Kier alpha value is -1.29. The number of fused-ring (bicyclic) bond motifs is 1. The molecule has 3 rings (SSSR count). The monoisotopic (exact) mass is 232 g/mol. The van der Waals surface area contributed by atoms with Crippen molar-refractivity contribution in [1.29, 1.82) is 0 Å². The van der Waals surface area contributed by atoms with Crippen LogP contribution in [0.2, 0.25) is 0 Å². The summed E-state index contributed by atoms with van der Waals surface area (Å²) in [7, 11) is 0. The van der Waals surface area contributed by atoms with Crippen molar-refractivity contribution in [3.05, 3.63) is 17.8 Å². The third-order valence-electron chi connectivity index (χ3n) is 4.03. The van der Waals surface area contributed by atoms with E-state index in [1.165, 1.54) is 32.4 Å². The summed E-state index contributed by atoms with van der Waals surface area (Å²) in [5.74, 6) is 0.998. The molecule has 0 aliphatic carbocycles. The minimum atomic E-state index is 0.562. The van der Waals surface area contributed by atoms with Gasteiger partial charge in [0.05, 0.1) is 11.9 Å². The van der Waals surface area contributed by atoms with Crippen LogP contribution in [0.25, 0.3) is 0 Å². The van der Waals surface area contributed by atoms with Gasteiger partial charge < -0.3 is 11.1 Å². The predicted molar refractivity (Wildman–Crippen MR) is 70.0 cm³/mol. The predicted octanol–water partition coefficient (Wildman–Crippen LogP) is 1.62. The Bertz CT molecular complexity index is 418. The number of rotatable bonds is 2. The number of aromatic nitrogens is 1. The van der Waals surface area contributed by atoms with Crippen LogP contribution >= 0.6 is 0 Å². The van der Waals surface area contributed by atoms with Gasteiger partial charge in [0.1, 0.15) is 5.82 Å². The number of pyridine rings is 1. The summed E-state index contributed by atoms with van der Waals surface area (Å²) in [6.07, 6.45) is 5.63. The van der Waals surface area contributed by atoms with Gasteiger partial charge in [-0.3, -0.25) is 4.90 Å². The van der Waals surface area contributed by atoms with Gasteiger partial charge >= 0.3 is 0 Å². The summed E-state index contributed by atoms with van der Waals surface area (Å²) in [4.78, 5) is 7.00. The van der Waals surface area contributed by atoms with E-state index in [1.54, 1.807) is 6.20 Å². The maximum Gasteiger partial charge on any atom is 0.129 e. The lowest BCUT2D eigenvalue weighted by Gasteiger charge is -2.22. The molecule has 2 saturated heterocycles. The van der Waals surface area contributed by atoms with Gasteiger partial charge in [-0.2, -0.15) is 0 Å². The fraction of sp³-hybridized carbons (Fsp3) is 0.615. The second-order valence-electron chi connectivity index (χ2n) is 5.22. The first kappa shape index (κ1) is 10.8. The molecule has 0 amide bonds. The standard InChI is InChI=1S/C13H20N4/c1-9-7-10(14)8-15-13(9)16-11-4-6-17-5-2-3-12(11)17/h7-8,11-12H,2-6,14H2,1H3,(H,15,16). The molecular formula is C13H20N4. The largest absolute Gasteiger partial charge is 0.397 e. The van der Waals surface area contributed by atoms with Gasteiger partial charge in [0.2, 0.25) is 0 Å². The Balaban J connectivity index is 1.74. The first-order valence-corrected chi connectivity index (χ1v) is 6.47. The molecule has 4 heteroatoms. The summed E-state index contributed by atoms with van der Waals surface area (Å²) in [5, 5.41) is 3.60. The van der Waals surface area contributed by atoms with Crippen molar-refractivity contribution >= 4 is 11.5 Å². The van der Waals surface area contributed by atoms with Gasteiger partial charge in [0.15, 0.2) is 0 Å². The zero-order valence-electron chi connectivity index (χ0n) is 10.3. The first-order valence-electron chi connectivity index (χ1n) is 6.47. The maximum absolute atomic E-state index is 5.72. The average Bonchev–Trinajstić information content (AvgIpc) is 2.86. The van der Waals surface area contributed by atoms with Crippen LogP contribution in [0.5, 0.6) is 0 Å². The summed E-state index contributed by atoms with van der Waals surface area (Å²) in [6.45, 7) is 4.57. The molecule has 2 atom stereocenters. The molecule has 1 aromatic heterocycles. The number of nitrogens with zero attached hydrogens (tertiary/aromatic N) is 2. The second-order valence-corrected chi connectivity index (χ2v) is 5.22. The second kappa shape index (κ2) is 4.18. The third-order valence-corrected chi connectivity index (χ3v) is 4.03. The Labute approximate surface area is 102 Å². The van der Waals surface area contributed by atoms with Gasteiger partial charge in [-0.05, 0) is 44.4 Å². The quantitative estimate of drug-likeness (QED) is 0.813. The minimum Gasteiger partial charge on any atom is -0.397 e. The van der Waals surface area contributed by atoms with E-state index in [0.717, 1.165) is 17.1 Å². The smallest absolute Gasteiger partial charge is 0.129 e. The lowest BCUT2D eigenvalue weighted by molar-refractivity contribution is 0.318. The molecule has 0 bridgehead atoms. The zero-order chi connectivity index (χ0) is 11.8. The van der Waals surface area contributed by atoms with Crippen molar-refractivity contribution in [3.63, 3.8) is 0 Å². The molecule has 2 aliphatic rings. The lowest BCUT2D eigenvalue weighted by Crippen LogP contribution is -2.34. The third kappa shape index (κ3) is 1.97. The van der Waals surface area contributed by atoms with E-state index in [0.29, 0.717) is 12.1 Å². The van der Waals surface area contributed by atoms with Crippen molar-refractivity contribution in [3.8, 4) is 0 Å². The van der Waals surface area contributed by atoms with Gasteiger partial charge in [-0.25, -0.2) is 4.98 Å². The van der Waals surface area contributed by atoms with Gasteiger partial charge in [0, 0.05) is 18.6 Å². The number of anilines is 2. The molecule has 2 aliphatic heterocycles. The lowest BCUT2D eigenvalue weighted by atomic mass is 10.1. The van der Waals surface area contributed by atoms with Gasteiger partial charge in [-0.1, -0.05) is 0 Å². The van der Waals surface area contributed by atoms with E-state index < -0.39 is 0 Å². The van der Waals surface area contributed by atoms with Crippen molar-refractivity contribution in [1.82, 2.24) is 9.88 Å². The maximum atomic E-state index is 5.72. The van der Waals surface area contributed by atoms with Crippen LogP contribution in [0.4, 0.5) is 11.5 Å². The molecule has 0 spiro atoms. The van der Waals surface area contributed by atoms with Crippen LogP contribution in [-0.2, 0) is 0 Å². The first-order chi connectivity index (χ1) is 8.24. The molecule has 0 radical (unpaired) electrons. The van der Waals surface area contributed by atoms with Crippen LogP contribution in [0.15, 0.2) is 12.3 Å². The van der Waals surface area contributed by atoms with Gasteiger partial charge in [-0.15, -0.1) is 0 Å². The van der Waals surface area contributed by atoms with Crippen molar-refractivity contribution < 1.29 is 0 Å². The number of hydrogen-bond donors (Lipinski definition) is 2. The Morgan fingerprint density at radius 3 is 3.12 bits per heavy atom. The highest BCUT2D eigenvalue weighted by atomic mass is 15.2. The number of nitrogens with one attached hydrogen (secondary N) is 1. The molecule has 2 fully saturated rings. The summed E-state index contributed by atoms with van der Waals surface area (Å²) >= 11 is 0. The van der Waals surface area contributed by atoms with E-state index in [2.05, 4.69) is 22.1 Å². The van der Waals surface area contributed by atoms with E-state index in [9.17, 15) is 0 Å². The number of nitrogen functional groups attached to an aromatic ring is 1. The Morgan fingerprint density at radius 2 is 2.29 bits per heavy atom. The molecule has 0 saturated carbocycles. The molecule has 1 aromatic rings. The van der Waals surface area contributed by atoms with E-state index in [1.807, 2.05) is 6.07 Å². The van der Waals surface area contributed by atoms with Crippen LogP contribution in [0.1, 0.15) is 24.8 Å². The highest BCUT2D eigenvalue weighted by Crippen LogP contribution is 2.30. The fourth-order valence-electron chi connectivity index (χ4n) is 3.17. The molecule has 0 aromatic carbocycles. The van der Waals surface area contributed by atoms with E-state index in [-0.39, 0.29) is 0 Å². The molecule has 92 valence electrons. The zero-order valence-corrected chi connectivity index (χ0v) is 10.3. The fourth-order valence-corrected chi connectivity index (χ4v) is 3.17. The molecule has 4 nitrogen and oxygen atoms in total. The summed E-state index contributed by atoms with van der Waals surface area (Å²) in [5.41, 5.74) is 7.60. The highest BCUT2D eigenvalue weighted by Gasteiger charge is 2.37. The van der Waals surface area contributed by atoms with Crippen LogP contribution < -0.4 is 11.1 Å². The molecular weight excluding hydrogens is 212 g/mol. The number of nitrogens with two attached hydrogens (primary N) is 1. The summed E-state index contributed by atoms with van der Waals surface area (Å²) in [6, 6.07) is 3.26. The average molecular weight is 232 g/mol. The molecule has 17 heavy (non-hydrogen) atoms. The minimum absolute atomic E-state index is 0.562. The van der Waals surface area contributed by atoms with Crippen LogP contribution in [-0.4, -0.2) is 35.1 Å². The van der Waals surface area contributed by atoms with Crippen LogP contribution in [0, 0.1) is 6.92 Å². The van der Waals surface area contributed by atoms with Crippen LogP contribution in [0.3, 0.4) is 0 Å². The van der Waals surface area contributed by atoms with Crippen molar-refractivity contribution in [2.75, 3.05) is 24.1 Å². The molecule has 3 N–H and O–H groups in total. The number of aryl methyl sites for hydroxylation is 1. The van der Waals surface area contributed by atoms with Gasteiger partial charge in [0.25, 0.3) is 0 Å². The SMILES string of the molecule is Cc1cc(N)cnc1NC1CCN2CCCC12. The van der Waals surface area contributed by atoms with E-state index >= 15 is 0 Å². The summed E-state index contributed by atoms with van der Waals surface area (Å²) < 4.78 is 0. The topological polar surface area (TPSA) is 54.2 Å². The Kier molecular flexibility index (Phi) is 2.67. The molecule has 3 heterocycles. The Morgan fingerprint density at radius 1 is 1.41 bits per heavy atom. The van der Waals surface area contributed by atoms with Crippen molar-refractivity contribution in [2.45, 2.75) is 38.3 Å². The normalized spacial score (nSPS) is 28.3. The highest BCUT2D eigenvalue weighted by molar-refractivity contribution is 5.51. The number of hydrogen-bond acceptors (Lipinski definition) is 4.